The first kappa shape index (κ1) is 15.3. The monoisotopic (exact) mass is 371 g/mol. The molecule has 2 rings (SSSR count). The van der Waals surface area contributed by atoms with Gasteiger partial charge in [-0.25, -0.2) is 0 Å². The van der Waals surface area contributed by atoms with Crippen LogP contribution in [0.2, 0.25) is 0 Å². The highest BCUT2D eigenvalue weighted by atomic mass is 127. The molecule has 1 fully saturated rings. The summed E-state index contributed by atoms with van der Waals surface area (Å²) in [5.74, 6) is 0. The maximum atomic E-state index is 3.75. The van der Waals surface area contributed by atoms with Crippen molar-refractivity contribution in [3.8, 4) is 0 Å². The normalized spacial score (nSPS) is 20.2. The fourth-order valence-corrected chi connectivity index (χ4v) is 3.74. The lowest BCUT2D eigenvalue weighted by molar-refractivity contribution is 0.145. The van der Waals surface area contributed by atoms with Crippen molar-refractivity contribution in [1.29, 1.82) is 0 Å². The van der Waals surface area contributed by atoms with Crippen molar-refractivity contribution in [2.75, 3.05) is 6.54 Å². The first-order chi connectivity index (χ1) is 9.14. The Morgan fingerprint density at radius 2 is 1.79 bits per heavy atom. The molecule has 1 saturated carbocycles. The Kier molecular flexibility index (Phi) is 5.70. The summed E-state index contributed by atoms with van der Waals surface area (Å²) < 4.78 is 1.32. The van der Waals surface area contributed by atoms with Crippen LogP contribution in [-0.2, 0) is 6.42 Å². The smallest absolute Gasteiger partial charge is 0.0161 e. The molecule has 1 nitrogen and oxygen atoms in total. The van der Waals surface area contributed by atoms with E-state index in [1.165, 1.54) is 47.7 Å². The van der Waals surface area contributed by atoms with Crippen molar-refractivity contribution >= 4 is 22.6 Å². The zero-order valence-corrected chi connectivity index (χ0v) is 14.4. The Morgan fingerprint density at radius 3 is 2.37 bits per heavy atom. The number of rotatable bonds is 5. The molecule has 1 aliphatic carbocycles. The fourth-order valence-electron chi connectivity index (χ4n) is 3.38. The molecule has 0 amide bonds. The first-order valence-corrected chi connectivity index (χ1v) is 8.70. The largest absolute Gasteiger partial charge is 0.313 e. The Bertz CT molecular complexity index is 379. The minimum atomic E-state index is 0.483. The van der Waals surface area contributed by atoms with Crippen LogP contribution in [0.1, 0.15) is 51.5 Å². The molecule has 19 heavy (non-hydrogen) atoms. The summed E-state index contributed by atoms with van der Waals surface area (Å²) in [5.41, 5.74) is 1.95. The van der Waals surface area contributed by atoms with E-state index < -0.39 is 0 Å². The number of nitrogens with one attached hydrogen (secondary N) is 1. The van der Waals surface area contributed by atoms with Gasteiger partial charge in [-0.1, -0.05) is 45.2 Å². The Balaban J connectivity index is 2.08. The topological polar surface area (TPSA) is 12.0 Å². The van der Waals surface area contributed by atoms with Crippen LogP contribution in [0, 0.1) is 8.99 Å². The van der Waals surface area contributed by atoms with Crippen LogP contribution in [0.4, 0.5) is 0 Å². The molecular weight excluding hydrogens is 345 g/mol. The van der Waals surface area contributed by atoms with Gasteiger partial charge in [-0.2, -0.15) is 0 Å². The van der Waals surface area contributed by atoms with E-state index in [1.54, 1.807) is 0 Å². The Hall–Kier alpha value is -0.0900. The molecular formula is C17H26IN. The van der Waals surface area contributed by atoms with E-state index in [9.17, 15) is 0 Å². The van der Waals surface area contributed by atoms with Crippen LogP contribution in [-0.4, -0.2) is 12.6 Å². The first-order valence-electron chi connectivity index (χ1n) is 7.62. The summed E-state index contributed by atoms with van der Waals surface area (Å²) >= 11 is 2.38. The Morgan fingerprint density at radius 1 is 1.16 bits per heavy atom. The van der Waals surface area contributed by atoms with Gasteiger partial charge >= 0.3 is 0 Å². The van der Waals surface area contributed by atoms with E-state index in [1.807, 2.05) is 0 Å². The van der Waals surface area contributed by atoms with Gasteiger partial charge in [0.2, 0.25) is 0 Å². The van der Waals surface area contributed by atoms with Crippen molar-refractivity contribution in [2.45, 2.75) is 58.4 Å². The van der Waals surface area contributed by atoms with Crippen LogP contribution in [0.5, 0.6) is 0 Å². The minimum absolute atomic E-state index is 0.483. The van der Waals surface area contributed by atoms with Gasteiger partial charge in [0.15, 0.2) is 0 Å². The van der Waals surface area contributed by atoms with Crippen molar-refractivity contribution < 1.29 is 0 Å². The predicted octanol–water partition coefficient (Wildman–Crippen LogP) is 4.78. The second-order valence-corrected chi connectivity index (χ2v) is 7.40. The average molecular weight is 371 g/mol. The summed E-state index contributed by atoms with van der Waals surface area (Å²) in [5, 5.41) is 3.75. The molecule has 0 spiro atoms. The second kappa shape index (κ2) is 7.07. The van der Waals surface area contributed by atoms with Gasteiger partial charge in [0.05, 0.1) is 0 Å². The van der Waals surface area contributed by atoms with Gasteiger partial charge in [0.1, 0.15) is 0 Å². The third-order valence-corrected chi connectivity index (χ3v) is 5.36. The van der Waals surface area contributed by atoms with E-state index >= 15 is 0 Å². The molecule has 0 saturated heterocycles. The zero-order chi connectivity index (χ0) is 13.7. The Labute approximate surface area is 131 Å². The fraction of sp³-hybridized carbons (Fsp3) is 0.647. The van der Waals surface area contributed by atoms with Gasteiger partial charge < -0.3 is 5.32 Å². The molecule has 2 heteroatoms. The third kappa shape index (κ3) is 4.19. The third-order valence-electron chi connectivity index (χ3n) is 4.64. The molecule has 1 unspecified atom stereocenters. The average Bonchev–Trinajstić information content (AvgIpc) is 2.41. The maximum Gasteiger partial charge on any atom is 0.0161 e. The second-order valence-electron chi connectivity index (χ2n) is 6.16. The highest BCUT2D eigenvalue weighted by Crippen LogP contribution is 2.39. The molecule has 0 bridgehead atoms. The number of likely N-dealkylation sites (N-methyl/N-ethyl adjacent to an activating group) is 1. The van der Waals surface area contributed by atoms with Crippen molar-refractivity contribution in [3.05, 3.63) is 33.4 Å². The van der Waals surface area contributed by atoms with Crippen LogP contribution >= 0.6 is 22.6 Å². The van der Waals surface area contributed by atoms with Gasteiger partial charge in [-0.05, 0) is 71.5 Å². The van der Waals surface area contributed by atoms with Gasteiger partial charge in [0, 0.05) is 9.61 Å². The number of halogens is 1. The number of hydrogen-bond acceptors (Lipinski definition) is 1. The molecule has 1 aromatic carbocycles. The maximum absolute atomic E-state index is 3.75. The van der Waals surface area contributed by atoms with Gasteiger partial charge in [-0.15, -0.1) is 0 Å². The standard InChI is InChI=1S/C17H26IN/c1-3-19-16(17(2)11-5-4-6-12-17)13-14-7-9-15(18)10-8-14/h7-10,16,19H,3-6,11-13H2,1-2H3. The van der Waals surface area contributed by atoms with Crippen molar-refractivity contribution in [2.24, 2.45) is 5.41 Å². The summed E-state index contributed by atoms with van der Waals surface area (Å²) in [7, 11) is 0. The number of benzene rings is 1. The molecule has 0 heterocycles. The number of hydrogen-bond donors (Lipinski definition) is 1. The molecule has 0 aromatic heterocycles. The van der Waals surface area contributed by atoms with Crippen molar-refractivity contribution in [1.82, 2.24) is 5.32 Å². The van der Waals surface area contributed by atoms with Gasteiger partial charge in [-0.3, -0.25) is 0 Å². The molecule has 0 radical (unpaired) electrons. The summed E-state index contributed by atoms with van der Waals surface area (Å²) in [4.78, 5) is 0. The minimum Gasteiger partial charge on any atom is -0.313 e. The van der Waals surface area contributed by atoms with Crippen LogP contribution in [0.15, 0.2) is 24.3 Å². The molecule has 1 aliphatic rings. The van der Waals surface area contributed by atoms with E-state index in [4.69, 9.17) is 0 Å². The molecule has 1 atom stereocenters. The highest BCUT2D eigenvalue weighted by molar-refractivity contribution is 14.1. The van der Waals surface area contributed by atoms with E-state index in [2.05, 4.69) is 66.0 Å². The van der Waals surface area contributed by atoms with Crippen molar-refractivity contribution in [3.63, 3.8) is 0 Å². The van der Waals surface area contributed by atoms with Crippen LogP contribution < -0.4 is 5.32 Å². The predicted molar refractivity (Wildman–Crippen MR) is 91.5 cm³/mol. The molecule has 1 aromatic rings. The molecule has 106 valence electrons. The quantitative estimate of drug-likeness (QED) is 0.735. The highest BCUT2D eigenvalue weighted by Gasteiger charge is 2.34. The van der Waals surface area contributed by atoms with E-state index in [-0.39, 0.29) is 0 Å². The zero-order valence-electron chi connectivity index (χ0n) is 12.2. The molecule has 0 aliphatic heterocycles. The summed E-state index contributed by atoms with van der Waals surface area (Å²) in [6, 6.07) is 9.65. The van der Waals surface area contributed by atoms with Crippen LogP contribution in [0.3, 0.4) is 0 Å². The lowest BCUT2D eigenvalue weighted by Gasteiger charge is -2.41. The lowest BCUT2D eigenvalue weighted by Crippen LogP contribution is -2.46. The van der Waals surface area contributed by atoms with Gasteiger partial charge in [0.25, 0.3) is 0 Å². The lowest BCUT2D eigenvalue weighted by atomic mass is 9.69. The van der Waals surface area contributed by atoms with Crippen LogP contribution in [0.25, 0.3) is 0 Å². The van der Waals surface area contributed by atoms with E-state index in [0.717, 1.165) is 6.54 Å². The van der Waals surface area contributed by atoms with E-state index in [0.29, 0.717) is 11.5 Å². The summed E-state index contributed by atoms with van der Waals surface area (Å²) in [6.07, 6.45) is 8.18. The summed E-state index contributed by atoms with van der Waals surface area (Å²) in [6.45, 7) is 5.80. The SMILES string of the molecule is CCNC(Cc1ccc(I)cc1)C1(C)CCCCC1. The molecule has 1 N–H and O–H groups in total.